The molecule has 0 aliphatic carbocycles. The van der Waals surface area contributed by atoms with Gasteiger partial charge in [0.15, 0.2) is 4.34 Å². The fraction of sp³-hybridized carbons (Fsp3) is 0.304. The van der Waals surface area contributed by atoms with Crippen LogP contribution < -0.4 is 10.6 Å². The summed E-state index contributed by atoms with van der Waals surface area (Å²) in [6, 6.07) is 10.7. The van der Waals surface area contributed by atoms with Crippen molar-refractivity contribution < 1.29 is 18.0 Å². The van der Waals surface area contributed by atoms with Crippen LogP contribution in [0.3, 0.4) is 0 Å². The lowest BCUT2D eigenvalue weighted by atomic mass is 10.2. The van der Waals surface area contributed by atoms with Crippen molar-refractivity contribution >= 4 is 79.0 Å². The Balaban J connectivity index is 1.25. The predicted molar refractivity (Wildman–Crippen MR) is 147 cm³/mol. The van der Waals surface area contributed by atoms with Crippen LogP contribution >= 0.6 is 46.3 Å². The van der Waals surface area contributed by atoms with Crippen LogP contribution in [0, 0.1) is 0 Å². The first-order valence-electron chi connectivity index (χ1n) is 11.3. The minimum atomic E-state index is -3.56. The van der Waals surface area contributed by atoms with Gasteiger partial charge in [-0.1, -0.05) is 52.7 Å². The first kappa shape index (κ1) is 27.8. The third-order valence-electron chi connectivity index (χ3n) is 5.45. The van der Waals surface area contributed by atoms with Crippen LogP contribution in [-0.4, -0.2) is 53.6 Å². The molecule has 14 heteroatoms. The molecule has 0 radical (unpaired) electrons. The Labute approximate surface area is 233 Å². The highest BCUT2D eigenvalue weighted by Gasteiger charge is 2.26. The normalized spacial score (nSPS) is 14.3. The number of rotatable bonds is 9. The number of piperidine rings is 1. The highest BCUT2D eigenvalue weighted by atomic mass is 35.5. The molecule has 1 aromatic heterocycles. The summed E-state index contributed by atoms with van der Waals surface area (Å²) in [6.07, 6.45) is 2.98. The first-order chi connectivity index (χ1) is 17.7. The van der Waals surface area contributed by atoms with E-state index in [1.165, 1.54) is 51.7 Å². The Morgan fingerprint density at radius 2 is 1.70 bits per heavy atom. The number of hydrogen-bond donors (Lipinski definition) is 2. The van der Waals surface area contributed by atoms with Gasteiger partial charge in [-0.25, -0.2) is 8.42 Å². The number of halogens is 2. The van der Waals surface area contributed by atoms with Crippen molar-refractivity contribution in [3.05, 3.63) is 58.1 Å². The Bertz CT molecular complexity index is 1380. The van der Waals surface area contributed by atoms with Gasteiger partial charge in [-0.15, -0.1) is 10.2 Å². The molecule has 196 valence electrons. The average Bonchev–Trinajstić information content (AvgIpc) is 3.33. The minimum Gasteiger partial charge on any atom is -0.326 e. The molecule has 3 aromatic rings. The van der Waals surface area contributed by atoms with E-state index in [9.17, 15) is 18.0 Å². The summed E-state index contributed by atoms with van der Waals surface area (Å²) in [5, 5.41) is 14.5. The number of thioether (sulfide) groups is 1. The summed E-state index contributed by atoms with van der Waals surface area (Å²) in [7, 11) is -3.56. The van der Waals surface area contributed by atoms with Gasteiger partial charge in [-0.05, 0) is 55.3 Å². The van der Waals surface area contributed by atoms with Crippen LogP contribution in [0.5, 0.6) is 0 Å². The number of hydrogen-bond acceptors (Lipinski definition) is 8. The monoisotopic (exact) mass is 599 g/mol. The zero-order valence-electron chi connectivity index (χ0n) is 19.4. The molecule has 4 rings (SSSR count). The van der Waals surface area contributed by atoms with Crippen LogP contribution in [0.2, 0.25) is 10.0 Å². The van der Waals surface area contributed by atoms with Crippen molar-refractivity contribution in [3.8, 4) is 0 Å². The lowest BCUT2D eigenvalue weighted by Crippen LogP contribution is -2.35. The number of nitrogens with zero attached hydrogens (tertiary/aromatic N) is 3. The van der Waals surface area contributed by atoms with Gasteiger partial charge < -0.3 is 5.32 Å². The first-order valence-corrected chi connectivity index (χ1v) is 15.3. The van der Waals surface area contributed by atoms with E-state index in [0.29, 0.717) is 49.6 Å². The second kappa shape index (κ2) is 12.5. The van der Waals surface area contributed by atoms with Gasteiger partial charge in [0.1, 0.15) is 0 Å². The lowest BCUT2D eigenvalue weighted by molar-refractivity contribution is -0.115. The van der Waals surface area contributed by atoms with Gasteiger partial charge in [0.2, 0.25) is 21.1 Å². The fourth-order valence-corrected chi connectivity index (χ4v) is 7.12. The Hall–Kier alpha value is -2.22. The van der Waals surface area contributed by atoms with Crippen LogP contribution in [0.25, 0.3) is 0 Å². The molecule has 0 unspecified atom stereocenters. The zero-order valence-corrected chi connectivity index (χ0v) is 23.4. The van der Waals surface area contributed by atoms with Gasteiger partial charge >= 0.3 is 0 Å². The third kappa shape index (κ3) is 7.43. The van der Waals surface area contributed by atoms with Crippen LogP contribution in [-0.2, 0) is 14.8 Å². The molecule has 0 spiro atoms. The van der Waals surface area contributed by atoms with Crippen LogP contribution in [0.4, 0.5) is 10.8 Å². The van der Waals surface area contributed by atoms with Crippen molar-refractivity contribution in [2.24, 2.45) is 0 Å². The largest absolute Gasteiger partial charge is 0.326 e. The molecule has 2 aromatic carbocycles. The molecule has 2 N–H and O–H groups in total. The van der Waals surface area contributed by atoms with Crippen molar-refractivity contribution in [1.29, 1.82) is 0 Å². The lowest BCUT2D eigenvalue weighted by Gasteiger charge is -2.25. The van der Waals surface area contributed by atoms with E-state index < -0.39 is 15.9 Å². The van der Waals surface area contributed by atoms with Crippen molar-refractivity contribution in [1.82, 2.24) is 14.5 Å². The molecule has 9 nitrogen and oxygen atoms in total. The van der Waals surface area contributed by atoms with E-state index in [0.717, 1.165) is 19.3 Å². The third-order valence-corrected chi connectivity index (χ3v) is 10.1. The maximum absolute atomic E-state index is 12.8. The molecule has 1 aliphatic heterocycles. The highest BCUT2D eigenvalue weighted by Crippen LogP contribution is 2.28. The summed E-state index contributed by atoms with van der Waals surface area (Å²) in [5.74, 6) is -0.145. The smallest absolute Gasteiger partial charge is 0.257 e. The van der Waals surface area contributed by atoms with Gasteiger partial charge in [-0.2, -0.15) is 4.31 Å². The van der Waals surface area contributed by atoms with E-state index in [-0.39, 0.29) is 17.2 Å². The second-order valence-electron chi connectivity index (χ2n) is 8.09. The van der Waals surface area contributed by atoms with Gasteiger partial charge in [0.25, 0.3) is 5.91 Å². The van der Waals surface area contributed by atoms with Gasteiger partial charge in [-0.3, -0.25) is 14.9 Å². The standard InChI is InChI=1S/C23H23Cl2N5O4S3/c24-18-9-6-16(14-19(18)25)26-20(31)10-13-35-23-29-28-22(36-23)27-21(32)15-4-7-17(8-5-15)37(33,34)30-11-2-1-3-12-30/h4-9,14H,1-3,10-13H2,(H,26,31)(H,27,28,32). The number of anilines is 2. The van der Waals surface area contributed by atoms with E-state index >= 15 is 0 Å². The molecule has 0 saturated carbocycles. The van der Waals surface area contributed by atoms with Crippen molar-refractivity contribution in [3.63, 3.8) is 0 Å². The molecular weight excluding hydrogens is 577 g/mol. The quantitative estimate of drug-likeness (QED) is 0.250. The molecular formula is C23H23Cl2N5O4S3. The number of nitrogens with one attached hydrogen (secondary N) is 2. The molecule has 0 bridgehead atoms. The molecule has 2 heterocycles. The second-order valence-corrected chi connectivity index (χ2v) is 13.2. The zero-order chi connectivity index (χ0) is 26.4. The van der Waals surface area contributed by atoms with Gasteiger partial charge in [0, 0.05) is 36.5 Å². The summed E-state index contributed by atoms with van der Waals surface area (Å²) in [5.41, 5.74) is 0.864. The number of carbonyl (C=O) groups excluding carboxylic acids is 2. The van der Waals surface area contributed by atoms with E-state index in [1.807, 2.05) is 0 Å². The molecule has 2 amide bonds. The van der Waals surface area contributed by atoms with Crippen LogP contribution in [0.1, 0.15) is 36.0 Å². The van der Waals surface area contributed by atoms with Crippen molar-refractivity contribution in [2.45, 2.75) is 34.9 Å². The number of aromatic nitrogens is 2. The maximum Gasteiger partial charge on any atom is 0.257 e. The number of amides is 2. The maximum atomic E-state index is 12.8. The SMILES string of the molecule is O=C(CCSc1nnc(NC(=O)c2ccc(S(=O)(=O)N3CCCCC3)cc2)s1)Nc1ccc(Cl)c(Cl)c1. The van der Waals surface area contributed by atoms with E-state index in [2.05, 4.69) is 20.8 Å². The van der Waals surface area contributed by atoms with Crippen LogP contribution in [0.15, 0.2) is 51.7 Å². The molecule has 1 saturated heterocycles. The minimum absolute atomic E-state index is 0.170. The fourth-order valence-electron chi connectivity index (χ4n) is 3.55. The highest BCUT2D eigenvalue weighted by molar-refractivity contribution is 8.01. The van der Waals surface area contributed by atoms with E-state index in [4.69, 9.17) is 23.2 Å². The molecule has 1 aliphatic rings. The predicted octanol–water partition coefficient (Wildman–Crippen LogP) is 5.39. The summed E-state index contributed by atoms with van der Waals surface area (Å²) < 4.78 is 27.6. The Morgan fingerprint density at radius 3 is 2.41 bits per heavy atom. The molecule has 37 heavy (non-hydrogen) atoms. The van der Waals surface area contributed by atoms with E-state index in [1.54, 1.807) is 18.2 Å². The Morgan fingerprint density at radius 1 is 0.973 bits per heavy atom. The molecule has 1 fully saturated rings. The average molecular weight is 601 g/mol. The Kier molecular flexibility index (Phi) is 9.43. The number of carbonyl (C=O) groups is 2. The number of benzene rings is 2. The summed E-state index contributed by atoms with van der Waals surface area (Å²) in [6.45, 7) is 1.04. The topological polar surface area (TPSA) is 121 Å². The molecule has 0 atom stereocenters. The van der Waals surface area contributed by atoms with Crippen molar-refractivity contribution in [2.75, 3.05) is 29.5 Å². The van der Waals surface area contributed by atoms with Gasteiger partial charge in [0.05, 0.1) is 14.9 Å². The summed E-state index contributed by atoms with van der Waals surface area (Å²) in [4.78, 5) is 24.9. The summed E-state index contributed by atoms with van der Waals surface area (Å²) >= 11 is 14.4. The number of sulfonamides is 1.